The van der Waals surface area contributed by atoms with Crippen molar-refractivity contribution >= 4 is 12.3 Å². The fraction of sp³-hybridized carbons (Fsp3) is 0.259. The van der Waals surface area contributed by atoms with E-state index < -0.39 is 30.6 Å². The zero-order valence-corrected chi connectivity index (χ0v) is 18.1. The molecule has 3 aromatic rings. The maximum absolute atomic E-state index is 12.5. The predicted molar refractivity (Wildman–Crippen MR) is 121 cm³/mol. The molecule has 1 aliphatic rings. The number of carbonyl (C=O) groups excluding carboxylic acids is 2. The minimum atomic E-state index is -0.974. The van der Waals surface area contributed by atoms with Crippen molar-refractivity contribution in [1.82, 2.24) is 0 Å². The van der Waals surface area contributed by atoms with Crippen LogP contribution in [0.2, 0.25) is 0 Å². The summed E-state index contributed by atoms with van der Waals surface area (Å²) in [6.45, 7) is 0.636. The third kappa shape index (κ3) is 6.35. The molecule has 0 bridgehead atoms. The van der Waals surface area contributed by atoms with Crippen molar-refractivity contribution in [1.29, 1.82) is 0 Å². The van der Waals surface area contributed by atoms with Crippen LogP contribution in [-0.2, 0) is 30.3 Å². The molecule has 0 N–H and O–H groups in total. The monoisotopic (exact) mass is 446 g/mol. The Labute approximate surface area is 193 Å². The summed E-state index contributed by atoms with van der Waals surface area (Å²) in [5, 5.41) is 0. The summed E-state index contributed by atoms with van der Waals surface area (Å²) in [6, 6.07) is 27.9. The van der Waals surface area contributed by atoms with Crippen LogP contribution in [0.15, 0.2) is 91.0 Å². The summed E-state index contributed by atoms with van der Waals surface area (Å²) in [5.74, 6) is -0.555. The first-order chi connectivity index (χ1) is 16.2. The summed E-state index contributed by atoms with van der Waals surface area (Å²) in [4.78, 5) is 24.2. The lowest BCUT2D eigenvalue weighted by Gasteiger charge is -2.25. The topological polar surface area (TPSA) is 71.1 Å². The molecule has 170 valence electrons. The highest BCUT2D eigenvalue weighted by molar-refractivity contribution is 5.90. The lowest BCUT2D eigenvalue weighted by molar-refractivity contribution is -0.125. The molecule has 6 nitrogen and oxygen atoms in total. The Morgan fingerprint density at radius 3 is 2.24 bits per heavy atom. The zero-order chi connectivity index (χ0) is 22.9. The molecule has 0 aromatic heterocycles. The number of hydrogen-bond acceptors (Lipinski definition) is 6. The van der Waals surface area contributed by atoms with Crippen LogP contribution < -0.4 is 0 Å². The number of rotatable bonds is 10. The molecule has 0 aliphatic carbocycles. The molecule has 1 fully saturated rings. The smallest absolute Gasteiger partial charge is 0.338 e. The van der Waals surface area contributed by atoms with Gasteiger partial charge in [-0.15, -0.1) is 0 Å². The number of esters is 1. The minimum absolute atomic E-state index is 0.157. The van der Waals surface area contributed by atoms with E-state index in [0.717, 1.165) is 11.1 Å². The van der Waals surface area contributed by atoms with Crippen molar-refractivity contribution in [2.24, 2.45) is 0 Å². The third-order valence-electron chi connectivity index (χ3n) is 5.39. The van der Waals surface area contributed by atoms with E-state index >= 15 is 0 Å². The zero-order valence-electron chi connectivity index (χ0n) is 18.1. The minimum Gasteiger partial charge on any atom is -0.451 e. The summed E-state index contributed by atoms with van der Waals surface area (Å²) in [6.07, 6.45) is -1.64. The van der Waals surface area contributed by atoms with Crippen LogP contribution in [0.5, 0.6) is 0 Å². The molecule has 6 heteroatoms. The highest BCUT2D eigenvalue weighted by atomic mass is 16.7. The molecule has 1 unspecified atom stereocenters. The van der Waals surface area contributed by atoms with Crippen LogP contribution in [0, 0.1) is 0 Å². The van der Waals surface area contributed by atoms with E-state index in [1.165, 1.54) is 0 Å². The highest BCUT2D eigenvalue weighted by Crippen LogP contribution is 2.30. The summed E-state index contributed by atoms with van der Waals surface area (Å²) in [7, 11) is 0. The van der Waals surface area contributed by atoms with E-state index in [-0.39, 0.29) is 6.42 Å². The van der Waals surface area contributed by atoms with Gasteiger partial charge in [0.25, 0.3) is 0 Å². The van der Waals surface area contributed by atoms with Crippen LogP contribution in [0.3, 0.4) is 0 Å². The van der Waals surface area contributed by atoms with Crippen molar-refractivity contribution in [3.63, 3.8) is 0 Å². The van der Waals surface area contributed by atoms with E-state index in [0.29, 0.717) is 25.1 Å². The number of ether oxygens (including phenoxy) is 4. The van der Waals surface area contributed by atoms with E-state index in [2.05, 4.69) is 0 Å². The Bertz CT molecular complexity index is 1010. The van der Waals surface area contributed by atoms with Gasteiger partial charge in [-0.25, -0.2) is 4.79 Å². The Hall–Kier alpha value is -3.32. The van der Waals surface area contributed by atoms with Crippen molar-refractivity contribution < 1.29 is 28.5 Å². The Morgan fingerprint density at radius 1 is 0.939 bits per heavy atom. The van der Waals surface area contributed by atoms with Gasteiger partial charge >= 0.3 is 5.97 Å². The molecule has 1 aliphatic heterocycles. The van der Waals surface area contributed by atoms with Crippen LogP contribution in [0.25, 0.3) is 0 Å². The van der Waals surface area contributed by atoms with Gasteiger partial charge in [-0.2, -0.15) is 0 Å². The van der Waals surface area contributed by atoms with Crippen LogP contribution in [0.1, 0.15) is 34.2 Å². The highest BCUT2D eigenvalue weighted by Gasteiger charge is 2.36. The average Bonchev–Trinajstić information content (AvgIpc) is 3.37. The quantitative estimate of drug-likeness (QED) is 0.337. The van der Waals surface area contributed by atoms with Gasteiger partial charge in [0.05, 0.1) is 24.9 Å². The van der Waals surface area contributed by atoms with Crippen LogP contribution >= 0.6 is 0 Å². The van der Waals surface area contributed by atoms with Crippen LogP contribution in [0.4, 0.5) is 0 Å². The first-order valence-electron chi connectivity index (χ1n) is 10.9. The second kappa shape index (κ2) is 11.5. The average molecular weight is 446 g/mol. The Morgan fingerprint density at radius 2 is 1.58 bits per heavy atom. The number of hydrogen-bond donors (Lipinski definition) is 0. The summed E-state index contributed by atoms with van der Waals surface area (Å²) in [5.41, 5.74) is 2.28. The van der Waals surface area contributed by atoms with E-state index in [4.69, 9.17) is 18.9 Å². The first-order valence-corrected chi connectivity index (χ1v) is 10.9. The molecule has 33 heavy (non-hydrogen) atoms. The maximum Gasteiger partial charge on any atom is 0.338 e. The SMILES string of the molecule is O=C[C@H](C[C@@H](OCc1ccccc1)[C@@H]1COC(c2ccccc2)O1)OC(=O)c1ccccc1. The molecule has 4 rings (SSSR count). The summed E-state index contributed by atoms with van der Waals surface area (Å²) < 4.78 is 23.6. The molecule has 3 aromatic carbocycles. The van der Waals surface area contributed by atoms with E-state index in [9.17, 15) is 9.59 Å². The van der Waals surface area contributed by atoms with Gasteiger partial charge in [0.15, 0.2) is 18.7 Å². The molecule has 4 atom stereocenters. The van der Waals surface area contributed by atoms with Gasteiger partial charge < -0.3 is 18.9 Å². The Balaban J connectivity index is 1.44. The first kappa shape index (κ1) is 22.9. The molecule has 0 radical (unpaired) electrons. The molecule has 0 saturated carbocycles. The number of benzene rings is 3. The van der Waals surface area contributed by atoms with E-state index in [1.807, 2.05) is 66.7 Å². The predicted octanol–water partition coefficient (Wildman–Crippen LogP) is 4.50. The van der Waals surface area contributed by atoms with Crippen molar-refractivity contribution in [2.45, 2.75) is 37.6 Å². The standard InChI is InChI=1S/C27H26O6/c28-17-23(32-26(29)21-12-6-2-7-13-21)16-24(30-18-20-10-4-1-5-11-20)25-19-31-27(33-25)22-14-8-3-9-15-22/h1-15,17,23-25,27H,16,18-19H2/t23-,24+,25-,27?/m0/s1. The third-order valence-corrected chi connectivity index (χ3v) is 5.39. The van der Waals surface area contributed by atoms with Gasteiger partial charge in [0.1, 0.15) is 6.10 Å². The molecular weight excluding hydrogens is 420 g/mol. The number of carbonyl (C=O) groups is 2. The van der Waals surface area contributed by atoms with E-state index in [1.54, 1.807) is 24.3 Å². The second-order valence-electron chi connectivity index (χ2n) is 7.77. The maximum atomic E-state index is 12.5. The number of aldehydes is 1. The molecule has 0 spiro atoms. The second-order valence-corrected chi connectivity index (χ2v) is 7.77. The Kier molecular flexibility index (Phi) is 7.98. The van der Waals surface area contributed by atoms with Crippen molar-refractivity contribution in [3.8, 4) is 0 Å². The van der Waals surface area contributed by atoms with Crippen molar-refractivity contribution in [3.05, 3.63) is 108 Å². The molecule has 1 heterocycles. The molecule has 1 saturated heterocycles. The fourth-order valence-electron chi connectivity index (χ4n) is 3.64. The summed E-state index contributed by atoms with van der Waals surface area (Å²) >= 11 is 0. The van der Waals surface area contributed by atoms with Gasteiger partial charge in [-0.3, -0.25) is 4.79 Å². The van der Waals surface area contributed by atoms with Gasteiger partial charge in [0.2, 0.25) is 0 Å². The lowest BCUT2D eigenvalue weighted by atomic mass is 10.1. The lowest BCUT2D eigenvalue weighted by Crippen LogP contribution is -2.36. The van der Waals surface area contributed by atoms with Gasteiger partial charge in [-0.05, 0) is 17.7 Å². The largest absolute Gasteiger partial charge is 0.451 e. The van der Waals surface area contributed by atoms with Gasteiger partial charge in [0, 0.05) is 12.0 Å². The van der Waals surface area contributed by atoms with Crippen LogP contribution in [-0.4, -0.2) is 37.2 Å². The van der Waals surface area contributed by atoms with Gasteiger partial charge in [-0.1, -0.05) is 78.9 Å². The van der Waals surface area contributed by atoms with Crippen molar-refractivity contribution in [2.75, 3.05) is 6.61 Å². The normalized spacial score (nSPS) is 19.5. The molecule has 0 amide bonds. The molecular formula is C27H26O6. The fourth-order valence-corrected chi connectivity index (χ4v) is 3.64.